The van der Waals surface area contributed by atoms with Gasteiger partial charge in [0.05, 0.1) is 12.2 Å². The first-order chi connectivity index (χ1) is 14.2. The highest BCUT2D eigenvalue weighted by atomic mass is 19.1. The van der Waals surface area contributed by atoms with Crippen molar-refractivity contribution in [1.29, 1.82) is 0 Å². The summed E-state index contributed by atoms with van der Waals surface area (Å²) in [6.07, 6.45) is 3.39. The van der Waals surface area contributed by atoms with E-state index in [0.29, 0.717) is 44.1 Å². The number of nitrogens with zero attached hydrogens (tertiary/aromatic N) is 4. The van der Waals surface area contributed by atoms with Gasteiger partial charge in [-0.15, -0.1) is 0 Å². The third-order valence-corrected chi connectivity index (χ3v) is 4.94. The molecule has 2 aromatic heterocycles. The van der Waals surface area contributed by atoms with Crippen LogP contribution in [0.2, 0.25) is 0 Å². The molecule has 0 spiro atoms. The van der Waals surface area contributed by atoms with E-state index in [1.807, 2.05) is 23.1 Å². The van der Waals surface area contributed by atoms with E-state index in [4.69, 9.17) is 0 Å². The second kappa shape index (κ2) is 8.68. The predicted molar refractivity (Wildman–Crippen MR) is 110 cm³/mol. The maximum absolute atomic E-state index is 13.1. The second-order valence-electron chi connectivity index (χ2n) is 6.86. The van der Waals surface area contributed by atoms with E-state index in [1.54, 1.807) is 36.7 Å². The summed E-state index contributed by atoms with van der Waals surface area (Å²) < 4.78 is 13.1. The van der Waals surface area contributed by atoms with Gasteiger partial charge in [-0.25, -0.2) is 9.37 Å². The lowest BCUT2D eigenvalue weighted by molar-refractivity contribution is 0.0746. The molecule has 29 heavy (non-hydrogen) atoms. The van der Waals surface area contributed by atoms with Crippen LogP contribution in [0, 0.1) is 5.82 Å². The Morgan fingerprint density at radius 2 is 1.76 bits per heavy atom. The van der Waals surface area contributed by atoms with Crippen molar-refractivity contribution < 1.29 is 9.18 Å². The van der Waals surface area contributed by atoms with Crippen LogP contribution in [-0.4, -0.2) is 47.0 Å². The molecule has 148 valence electrons. The smallest absolute Gasteiger partial charge is 0.254 e. The molecule has 0 saturated carbocycles. The Bertz CT molecular complexity index is 956. The van der Waals surface area contributed by atoms with Gasteiger partial charge < -0.3 is 15.1 Å². The maximum atomic E-state index is 13.1. The lowest BCUT2D eigenvalue weighted by Crippen LogP contribution is -2.48. The summed E-state index contributed by atoms with van der Waals surface area (Å²) in [5, 5.41) is 3.21. The van der Waals surface area contributed by atoms with Crippen molar-refractivity contribution in [3.8, 4) is 0 Å². The fraction of sp³-hybridized carbons (Fsp3) is 0.227. The van der Waals surface area contributed by atoms with E-state index in [1.165, 1.54) is 12.1 Å². The van der Waals surface area contributed by atoms with Crippen LogP contribution in [0.3, 0.4) is 0 Å². The number of piperazine rings is 1. The highest BCUT2D eigenvalue weighted by Crippen LogP contribution is 2.18. The highest BCUT2D eigenvalue weighted by molar-refractivity contribution is 5.95. The minimum atomic E-state index is -0.243. The van der Waals surface area contributed by atoms with Crippen LogP contribution in [0.4, 0.5) is 15.9 Å². The van der Waals surface area contributed by atoms with Crippen LogP contribution < -0.4 is 10.2 Å². The van der Waals surface area contributed by atoms with Gasteiger partial charge in [0.2, 0.25) is 0 Å². The normalized spacial score (nSPS) is 14.0. The van der Waals surface area contributed by atoms with Crippen molar-refractivity contribution in [2.24, 2.45) is 0 Å². The molecule has 0 atom stereocenters. The summed E-state index contributed by atoms with van der Waals surface area (Å²) in [5.41, 5.74) is 2.49. The number of amides is 1. The largest absolute Gasteiger partial charge is 0.368 e. The quantitative estimate of drug-likeness (QED) is 0.724. The van der Waals surface area contributed by atoms with Gasteiger partial charge >= 0.3 is 0 Å². The van der Waals surface area contributed by atoms with Crippen molar-refractivity contribution in [3.05, 3.63) is 84.1 Å². The molecule has 6 nitrogen and oxygen atoms in total. The van der Waals surface area contributed by atoms with Gasteiger partial charge in [-0.3, -0.25) is 9.78 Å². The van der Waals surface area contributed by atoms with Crippen LogP contribution >= 0.6 is 0 Å². The number of anilines is 2. The molecule has 1 fully saturated rings. The van der Waals surface area contributed by atoms with E-state index in [9.17, 15) is 9.18 Å². The monoisotopic (exact) mass is 391 g/mol. The second-order valence-corrected chi connectivity index (χ2v) is 6.86. The Labute approximate surface area is 169 Å². The van der Waals surface area contributed by atoms with E-state index in [-0.39, 0.29) is 11.7 Å². The predicted octanol–water partition coefficient (Wildman–Crippen LogP) is 3.19. The van der Waals surface area contributed by atoms with Crippen LogP contribution in [-0.2, 0) is 6.54 Å². The Morgan fingerprint density at radius 3 is 2.48 bits per heavy atom. The van der Waals surface area contributed by atoms with Gasteiger partial charge in [-0.2, -0.15) is 0 Å². The molecule has 1 N–H and O–H groups in total. The Balaban J connectivity index is 1.35. The number of hydrogen-bond donors (Lipinski definition) is 1. The van der Waals surface area contributed by atoms with Gasteiger partial charge in [0.15, 0.2) is 0 Å². The summed E-state index contributed by atoms with van der Waals surface area (Å²) in [6.45, 7) is 3.22. The topological polar surface area (TPSA) is 61.4 Å². The number of halogens is 1. The number of rotatable bonds is 5. The number of carbonyl (C=O) groups is 1. The molecule has 0 bridgehead atoms. The van der Waals surface area contributed by atoms with Crippen molar-refractivity contribution in [1.82, 2.24) is 14.9 Å². The summed E-state index contributed by atoms with van der Waals surface area (Å²) in [7, 11) is 0. The SMILES string of the molecule is O=C(c1ccnc(NCc2ccccn2)c1)N1CCN(c2ccc(F)cc2)CC1. The first-order valence-electron chi connectivity index (χ1n) is 9.59. The molecular formula is C22H22FN5O. The molecule has 1 aliphatic rings. The lowest BCUT2D eigenvalue weighted by atomic mass is 10.2. The molecule has 0 aliphatic carbocycles. The summed E-state index contributed by atoms with van der Waals surface area (Å²) in [6, 6.07) is 15.7. The summed E-state index contributed by atoms with van der Waals surface area (Å²) >= 11 is 0. The summed E-state index contributed by atoms with van der Waals surface area (Å²) in [5.74, 6) is 0.395. The van der Waals surface area contributed by atoms with Crippen molar-refractivity contribution in [3.63, 3.8) is 0 Å². The average molecular weight is 391 g/mol. The molecule has 1 aliphatic heterocycles. The Morgan fingerprint density at radius 1 is 0.966 bits per heavy atom. The zero-order valence-electron chi connectivity index (χ0n) is 16.0. The van der Waals surface area contributed by atoms with Crippen LogP contribution in [0.25, 0.3) is 0 Å². The third-order valence-electron chi connectivity index (χ3n) is 4.94. The van der Waals surface area contributed by atoms with Gasteiger partial charge in [-0.1, -0.05) is 6.07 Å². The van der Waals surface area contributed by atoms with Crippen molar-refractivity contribution in [2.45, 2.75) is 6.54 Å². The molecule has 1 saturated heterocycles. The molecular weight excluding hydrogens is 369 g/mol. The number of carbonyl (C=O) groups excluding carboxylic acids is 1. The fourth-order valence-electron chi connectivity index (χ4n) is 3.35. The maximum Gasteiger partial charge on any atom is 0.254 e. The highest BCUT2D eigenvalue weighted by Gasteiger charge is 2.22. The van der Waals surface area contributed by atoms with E-state index in [2.05, 4.69) is 20.2 Å². The van der Waals surface area contributed by atoms with Gasteiger partial charge in [0.25, 0.3) is 5.91 Å². The van der Waals surface area contributed by atoms with Crippen LogP contribution in [0.1, 0.15) is 16.1 Å². The molecule has 7 heteroatoms. The minimum absolute atomic E-state index is 0.00737. The molecule has 3 heterocycles. The van der Waals surface area contributed by atoms with E-state index < -0.39 is 0 Å². The molecule has 4 rings (SSSR count). The standard InChI is InChI=1S/C22H22FN5O/c23-18-4-6-20(7-5-18)27-11-13-28(14-12-27)22(29)17-8-10-25-21(15-17)26-16-19-3-1-2-9-24-19/h1-10,15H,11-14,16H2,(H,25,26). The number of benzene rings is 1. The zero-order valence-corrected chi connectivity index (χ0v) is 16.0. The average Bonchev–Trinajstić information content (AvgIpc) is 2.79. The van der Waals surface area contributed by atoms with Gasteiger partial charge in [-0.05, 0) is 48.5 Å². The Kier molecular flexibility index (Phi) is 5.65. The van der Waals surface area contributed by atoms with Crippen molar-refractivity contribution in [2.75, 3.05) is 36.4 Å². The first-order valence-corrected chi connectivity index (χ1v) is 9.59. The Hall–Kier alpha value is -3.48. The molecule has 1 aromatic carbocycles. The molecule has 1 amide bonds. The lowest BCUT2D eigenvalue weighted by Gasteiger charge is -2.36. The van der Waals surface area contributed by atoms with Gasteiger partial charge in [0.1, 0.15) is 11.6 Å². The van der Waals surface area contributed by atoms with Crippen LogP contribution in [0.15, 0.2) is 67.0 Å². The van der Waals surface area contributed by atoms with Crippen molar-refractivity contribution >= 4 is 17.4 Å². The van der Waals surface area contributed by atoms with Gasteiger partial charge in [0, 0.05) is 49.8 Å². The molecule has 3 aromatic rings. The minimum Gasteiger partial charge on any atom is -0.368 e. The third kappa shape index (κ3) is 4.68. The summed E-state index contributed by atoms with van der Waals surface area (Å²) in [4.78, 5) is 25.5. The first kappa shape index (κ1) is 18.9. The van der Waals surface area contributed by atoms with E-state index >= 15 is 0 Å². The zero-order chi connectivity index (χ0) is 20.1. The molecule has 0 unspecified atom stereocenters. The number of aromatic nitrogens is 2. The number of pyridine rings is 2. The van der Waals surface area contributed by atoms with Crippen LogP contribution in [0.5, 0.6) is 0 Å². The van der Waals surface area contributed by atoms with E-state index in [0.717, 1.165) is 11.4 Å². The number of nitrogens with one attached hydrogen (secondary N) is 1. The fourth-order valence-corrected chi connectivity index (χ4v) is 3.35. The molecule has 0 radical (unpaired) electrons. The number of hydrogen-bond acceptors (Lipinski definition) is 5.